The summed E-state index contributed by atoms with van der Waals surface area (Å²) in [5.74, 6) is 0. The molecule has 13 aromatic carbocycles. The fourth-order valence-electron chi connectivity index (χ4n) is 11.7. The second-order valence-corrected chi connectivity index (χ2v) is 17.2. The Labute approximate surface area is 341 Å². The molecule has 0 bridgehead atoms. The Bertz CT molecular complexity index is 4010. The van der Waals surface area contributed by atoms with Gasteiger partial charge in [0.05, 0.1) is 0 Å². The molecule has 0 radical (unpaired) electrons. The zero-order chi connectivity index (χ0) is 38.8. The molecule has 0 unspecified atom stereocenters. The van der Waals surface area contributed by atoms with E-state index in [0.29, 0.717) is 0 Å². The van der Waals surface area contributed by atoms with Crippen LogP contribution in [0.5, 0.6) is 0 Å². The van der Waals surface area contributed by atoms with Crippen LogP contribution in [-0.4, -0.2) is 0 Å². The molecule has 0 heteroatoms. The van der Waals surface area contributed by atoms with E-state index in [1.807, 2.05) is 0 Å². The lowest BCUT2D eigenvalue weighted by Crippen LogP contribution is -1.91. The van der Waals surface area contributed by atoms with Gasteiger partial charge in [-0.3, -0.25) is 0 Å². The molecule has 0 atom stereocenters. The van der Waals surface area contributed by atoms with E-state index in [1.54, 1.807) is 0 Å². The summed E-state index contributed by atoms with van der Waals surface area (Å²) in [6.07, 6.45) is 0. The highest BCUT2D eigenvalue weighted by molar-refractivity contribution is 6.39. The molecule has 0 saturated carbocycles. The van der Waals surface area contributed by atoms with Gasteiger partial charge < -0.3 is 0 Å². The van der Waals surface area contributed by atoms with Crippen molar-refractivity contribution in [2.24, 2.45) is 0 Å². The summed E-state index contributed by atoms with van der Waals surface area (Å²) in [5, 5.41) is 24.0. The third-order valence-corrected chi connectivity index (χ3v) is 14.3. The zero-order valence-corrected chi connectivity index (χ0v) is 33.1. The normalized spacial score (nSPS) is 12.7. The highest BCUT2D eigenvalue weighted by Crippen LogP contribution is 2.52. The first kappa shape index (κ1) is 31.8. The first-order valence-corrected chi connectivity index (χ1v) is 20.9. The van der Waals surface area contributed by atoms with E-state index >= 15 is 0 Å². The molecular formula is C59H36. The molecule has 1 aliphatic rings. The molecule has 0 saturated heterocycles. The number of benzene rings is 11. The second-order valence-electron chi connectivity index (χ2n) is 17.2. The SMILES string of the molecule is Cc1cccc(C)c1-c1cc2c(cc3c4ccccc4c4cccc2c43)c2cc3c(cc12)c1ccc(-c2ccc4c(c2)-c2cccc5ccc(C)c-4c25)c2cccc3c21. The van der Waals surface area contributed by atoms with E-state index in [0.717, 1.165) is 0 Å². The van der Waals surface area contributed by atoms with Crippen LogP contribution in [0.1, 0.15) is 16.7 Å². The molecule has 0 aromatic heterocycles. The topological polar surface area (TPSA) is 0 Å². The van der Waals surface area contributed by atoms with Crippen LogP contribution in [0, 0.1) is 20.8 Å². The van der Waals surface area contributed by atoms with Crippen molar-refractivity contribution in [2.75, 3.05) is 0 Å². The maximum atomic E-state index is 2.54. The maximum Gasteiger partial charge on any atom is -0.00199 e. The van der Waals surface area contributed by atoms with Crippen molar-refractivity contribution < 1.29 is 0 Å². The Morgan fingerprint density at radius 3 is 1.58 bits per heavy atom. The Kier molecular flexibility index (Phi) is 5.93. The van der Waals surface area contributed by atoms with Crippen LogP contribution in [0.15, 0.2) is 164 Å². The summed E-state index contributed by atoms with van der Waals surface area (Å²) in [5.41, 5.74) is 14.6. The molecule has 272 valence electrons. The molecule has 0 heterocycles. The zero-order valence-electron chi connectivity index (χ0n) is 33.1. The Hall–Kier alpha value is -7.28. The number of fused-ring (bicyclic) bond motifs is 13. The molecule has 1 aliphatic carbocycles. The van der Waals surface area contributed by atoms with Gasteiger partial charge in [-0.15, -0.1) is 0 Å². The van der Waals surface area contributed by atoms with Gasteiger partial charge in [0.1, 0.15) is 0 Å². The highest BCUT2D eigenvalue weighted by atomic mass is 14.3. The molecule has 59 heavy (non-hydrogen) atoms. The third-order valence-electron chi connectivity index (χ3n) is 14.3. The fourth-order valence-corrected chi connectivity index (χ4v) is 11.7. The quantitative estimate of drug-likeness (QED) is 0.155. The summed E-state index contributed by atoms with van der Waals surface area (Å²) < 4.78 is 0. The second kappa shape index (κ2) is 11.0. The minimum absolute atomic E-state index is 1.27. The molecule has 14 rings (SSSR count). The molecular weight excluding hydrogens is 709 g/mol. The fraction of sp³-hybridized carbons (Fsp3) is 0.0508. The van der Waals surface area contributed by atoms with Crippen LogP contribution < -0.4 is 0 Å². The van der Waals surface area contributed by atoms with Gasteiger partial charge >= 0.3 is 0 Å². The Morgan fingerprint density at radius 2 is 0.780 bits per heavy atom. The smallest absolute Gasteiger partial charge is 0.00199 e. The number of rotatable bonds is 2. The van der Waals surface area contributed by atoms with Gasteiger partial charge in [-0.2, -0.15) is 0 Å². The maximum absolute atomic E-state index is 2.54. The van der Waals surface area contributed by atoms with Gasteiger partial charge in [0, 0.05) is 0 Å². The van der Waals surface area contributed by atoms with E-state index in [9.17, 15) is 0 Å². The molecule has 13 aromatic rings. The number of aryl methyl sites for hydroxylation is 3. The minimum atomic E-state index is 1.27. The summed E-state index contributed by atoms with van der Waals surface area (Å²) in [6, 6.07) is 62.9. The average molecular weight is 745 g/mol. The van der Waals surface area contributed by atoms with Crippen molar-refractivity contribution >= 4 is 97.0 Å². The van der Waals surface area contributed by atoms with E-state index < -0.39 is 0 Å². The summed E-state index contributed by atoms with van der Waals surface area (Å²) >= 11 is 0. The van der Waals surface area contributed by atoms with E-state index in [2.05, 4.69) is 185 Å². The van der Waals surface area contributed by atoms with Crippen molar-refractivity contribution in [3.8, 4) is 44.5 Å². The van der Waals surface area contributed by atoms with Gasteiger partial charge in [0.2, 0.25) is 0 Å². The van der Waals surface area contributed by atoms with Crippen LogP contribution in [0.3, 0.4) is 0 Å². The molecule has 0 nitrogen and oxygen atoms in total. The Balaban J connectivity index is 1.08. The first-order valence-electron chi connectivity index (χ1n) is 20.9. The van der Waals surface area contributed by atoms with Crippen LogP contribution in [0.2, 0.25) is 0 Å². The average Bonchev–Trinajstić information content (AvgIpc) is 3.89. The first-order chi connectivity index (χ1) is 29.0. The van der Waals surface area contributed by atoms with E-state index in [-0.39, 0.29) is 0 Å². The van der Waals surface area contributed by atoms with Gasteiger partial charge in [0.25, 0.3) is 0 Å². The standard InChI is InChI=1S/C59H36/c1-31-10-6-11-32(2)55(31)54-29-49-43-19-9-17-40-37-13-4-5-14-38(37)53(59(40)43)30-51(49)50-27-47-42-18-8-16-39-36(24-25-45(58(39)42)48(47)28-52(50)54)35-22-23-44-46(26-35)41-15-7-12-34-21-20-33(3)56(44)57(34)41/h4-30H,1-3H3. The van der Waals surface area contributed by atoms with Gasteiger partial charge in [-0.05, 0) is 209 Å². The van der Waals surface area contributed by atoms with Crippen LogP contribution >= 0.6 is 0 Å². The molecule has 0 N–H and O–H groups in total. The van der Waals surface area contributed by atoms with Crippen LogP contribution in [0.25, 0.3) is 141 Å². The lowest BCUT2D eigenvalue weighted by Gasteiger charge is -2.17. The van der Waals surface area contributed by atoms with Crippen LogP contribution in [0.4, 0.5) is 0 Å². The van der Waals surface area contributed by atoms with E-state index in [4.69, 9.17) is 0 Å². The number of hydrogen-bond donors (Lipinski definition) is 0. The van der Waals surface area contributed by atoms with Crippen LogP contribution in [-0.2, 0) is 0 Å². The highest BCUT2D eigenvalue weighted by Gasteiger charge is 2.25. The van der Waals surface area contributed by atoms with Gasteiger partial charge in [-0.25, -0.2) is 0 Å². The van der Waals surface area contributed by atoms with E-state index in [1.165, 1.54) is 158 Å². The summed E-state index contributed by atoms with van der Waals surface area (Å²) in [7, 11) is 0. The predicted molar refractivity (Wildman–Crippen MR) is 256 cm³/mol. The van der Waals surface area contributed by atoms with Crippen molar-refractivity contribution in [1.82, 2.24) is 0 Å². The van der Waals surface area contributed by atoms with Crippen molar-refractivity contribution in [2.45, 2.75) is 20.8 Å². The monoisotopic (exact) mass is 744 g/mol. The predicted octanol–water partition coefficient (Wildman–Crippen LogP) is 16.8. The van der Waals surface area contributed by atoms with Crippen molar-refractivity contribution in [3.63, 3.8) is 0 Å². The number of hydrogen-bond acceptors (Lipinski definition) is 0. The van der Waals surface area contributed by atoms with Gasteiger partial charge in [0.15, 0.2) is 0 Å². The lowest BCUT2D eigenvalue weighted by molar-refractivity contribution is 1.39. The summed E-state index contributed by atoms with van der Waals surface area (Å²) in [4.78, 5) is 0. The van der Waals surface area contributed by atoms with Crippen molar-refractivity contribution in [1.29, 1.82) is 0 Å². The molecule has 0 amide bonds. The summed E-state index contributed by atoms with van der Waals surface area (Å²) in [6.45, 7) is 6.79. The van der Waals surface area contributed by atoms with Crippen molar-refractivity contribution in [3.05, 3.63) is 180 Å². The lowest BCUT2D eigenvalue weighted by atomic mass is 9.86. The molecule has 0 spiro atoms. The molecule has 0 aliphatic heterocycles. The largest absolute Gasteiger partial charge is 0.0617 e. The Morgan fingerprint density at radius 1 is 0.237 bits per heavy atom. The molecule has 0 fully saturated rings. The third kappa shape index (κ3) is 3.94. The minimum Gasteiger partial charge on any atom is -0.0617 e. The van der Waals surface area contributed by atoms with Gasteiger partial charge in [-0.1, -0.05) is 133 Å².